The Labute approximate surface area is 164 Å². The molecule has 27 heavy (non-hydrogen) atoms. The predicted molar refractivity (Wildman–Crippen MR) is 112 cm³/mol. The lowest BCUT2D eigenvalue weighted by Crippen LogP contribution is -2.43. The Kier molecular flexibility index (Phi) is 8.72. The molecule has 1 saturated heterocycles. The number of rotatable bonds is 9. The van der Waals surface area contributed by atoms with E-state index in [1.807, 2.05) is 18.2 Å². The van der Waals surface area contributed by atoms with Gasteiger partial charge in [-0.2, -0.15) is 0 Å². The van der Waals surface area contributed by atoms with Gasteiger partial charge in [0.1, 0.15) is 6.61 Å². The summed E-state index contributed by atoms with van der Waals surface area (Å²) in [4.78, 5) is 9.11. The number of nitrogens with zero attached hydrogens (tertiary/aromatic N) is 3. The molecule has 0 aliphatic carbocycles. The third kappa shape index (κ3) is 6.61. The van der Waals surface area contributed by atoms with Gasteiger partial charge >= 0.3 is 0 Å². The highest BCUT2D eigenvalue weighted by molar-refractivity contribution is 5.78. The number of nitrogens with two attached hydrogens (primary N) is 1. The minimum atomic E-state index is 0.548. The van der Waals surface area contributed by atoms with Gasteiger partial charge in [-0.15, -0.1) is 0 Å². The van der Waals surface area contributed by atoms with E-state index in [0.29, 0.717) is 25.0 Å². The number of methoxy groups -OCH3 is 1. The fourth-order valence-corrected chi connectivity index (χ4v) is 3.42. The van der Waals surface area contributed by atoms with Crippen molar-refractivity contribution in [3.63, 3.8) is 0 Å². The number of likely N-dealkylation sites (tertiary alicyclic amines) is 1. The number of benzene rings is 1. The third-order valence-corrected chi connectivity index (χ3v) is 5.19. The van der Waals surface area contributed by atoms with Gasteiger partial charge in [0.25, 0.3) is 0 Å². The minimum absolute atomic E-state index is 0.548. The topological polar surface area (TPSA) is 63.3 Å². The van der Waals surface area contributed by atoms with Crippen LogP contribution < -0.4 is 15.2 Å². The van der Waals surface area contributed by atoms with Gasteiger partial charge in [0.2, 0.25) is 0 Å². The Morgan fingerprint density at radius 3 is 2.74 bits per heavy atom. The number of piperidine rings is 1. The second kappa shape index (κ2) is 11.0. The van der Waals surface area contributed by atoms with Crippen LogP contribution in [0.4, 0.5) is 0 Å². The summed E-state index contributed by atoms with van der Waals surface area (Å²) in [6, 6.07) is 5.98. The molecule has 0 amide bonds. The number of aliphatic imine (C=N–C) groups is 1. The van der Waals surface area contributed by atoms with E-state index in [9.17, 15) is 0 Å². The zero-order valence-corrected chi connectivity index (χ0v) is 17.4. The molecule has 1 unspecified atom stereocenters. The summed E-state index contributed by atoms with van der Waals surface area (Å²) in [7, 11) is 1.67. The van der Waals surface area contributed by atoms with Crippen LogP contribution in [-0.4, -0.2) is 62.2 Å². The smallest absolute Gasteiger partial charge is 0.191 e. The molecule has 2 rings (SSSR count). The molecular formula is C21H36N4O2. The van der Waals surface area contributed by atoms with Crippen LogP contribution in [0.15, 0.2) is 23.2 Å². The molecule has 0 radical (unpaired) electrons. The van der Waals surface area contributed by atoms with Crippen LogP contribution in [0.2, 0.25) is 0 Å². The number of hydrogen-bond acceptors (Lipinski definition) is 4. The lowest BCUT2D eigenvalue weighted by Gasteiger charge is -2.31. The number of likely N-dealkylation sites (N-methyl/N-ethyl adjacent to an activating group) is 1. The van der Waals surface area contributed by atoms with Crippen LogP contribution in [0.3, 0.4) is 0 Å². The zero-order chi connectivity index (χ0) is 19.6. The van der Waals surface area contributed by atoms with Crippen molar-refractivity contribution in [2.45, 2.75) is 40.2 Å². The van der Waals surface area contributed by atoms with Crippen molar-refractivity contribution in [2.75, 3.05) is 46.4 Å². The Balaban J connectivity index is 1.93. The average Bonchev–Trinajstić information content (AvgIpc) is 2.69. The second-order valence-electron chi connectivity index (χ2n) is 7.23. The van der Waals surface area contributed by atoms with Crippen molar-refractivity contribution < 1.29 is 9.47 Å². The Bertz CT molecular complexity index is 602. The first kappa shape index (κ1) is 21.4. The third-order valence-electron chi connectivity index (χ3n) is 5.19. The van der Waals surface area contributed by atoms with Crippen LogP contribution in [-0.2, 0) is 6.54 Å². The van der Waals surface area contributed by atoms with Crippen LogP contribution in [0.25, 0.3) is 0 Å². The average molecular weight is 377 g/mol. The summed E-state index contributed by atoms with van der Waals surface area (Å²) in [5, 5.41) is 0. The van der Waals surface area contributed by atoms with Gasteiger partial charge in [-0.1, -0.05) is 26.8 Å². The van der Waals surface area contributed by atoms with Gasteiger partial charge in [0.05, 0.1) is 13.7 Å². The van der Waals surface area contributed by atoms with Gasteiger partial charge in [0, 0.05) is 19.6 Å². The fourth-order valence-electron chi connectivity index (χ4n) is 3.42. The van der Waals surface area contributed by atoms with E-state index >= 15 is 0 Å². The van der Waals surface area contributed by atoms with E-state index in [0.717, 1.165) is 49.8 Å². The molecule has 0 aromatic heterocycles. The standard InChI is InChI=1S/C21H36N4O2/c1-5-24(6-2)12-13-27-19-10-9-18(14-20(19)26-4)15-23-21(22)25-11-7-8-17(3)16-25/h9-10,14,17H,5-8,11-13,15-16H2,1-4H3,(H2,22,23). The molecule has 152 valence electrons. The lowest BCUT2D eigenvalue weighted by molar-refractivity contribution is 0.217. The van der Waals surface area contributed by atoms with E-state index in [2.05, 4.69) is 35.6 Å². The van der Waals surface area contributed by atoms with Crippen molar-refractivity contribution in [1.82, 2.24) is 9.80 Å². The second-order valence-corrected chi connectivity index (χ2v) is 7.23. The first-order chi connectivity index (χ1) is 13.1. The van der Waals surface area contributed by atoms with E-state index in [4.69, 9.17) is 15.2 Å². The minimum Gasteiger partial charge on any atom is -0.493 e. The molecule has 6 heteroatoms. The lowest BCUT2D eigenvalue weighted by atomic mass is 10.0. The number of ether oxygens (including phenoxy) is 2. The summed E-state index contributed by atoms with van der Waals surface area (Å²) < 4.78 is 11.4. The fraction of sp³-hybridized carbons (Fsp3) is 0.667. The molecule has 0 saturated carbocycles. The molecule has 1 aliphatic heterocycles. The van der Waals surface area contributed by atoms with Crippen molar-refractivity contribution in [3.05, 3.63) is 23.8 Å². The van der Waals surface area contributed by atoms with Crippen LogP contribution >= 0.6 is 0 Å². The molecule has 1 atom stereocenters. The van der Waals surface area contributed by atoms with Gasteiger partial charge in [0.15, 0.2) is 17.5 Å². The van der Waals surface area contributed by atoms with E-state index in [-0.39, 0.29) is 0 Å². The maximum atomic E-state index is 6.19. The van der Waals surface area contributed by atoms with Crippen molar-refractivity contribution in [2.24, 2.45) is 16.6 Å². The highest BCUT2D eigenvalue weighted by Gasteiger charge is 2.17. The summed E-state index contributed by atoms with van der Waals surface area (Å²) in [6.45, 7) is 12.8. The first-order valence-corrected chi connectivity index (χ1v) is 10.1. The van der Waals surface area contributed by atoms with E-state index < -0.39 is 0 Å². The Morgan fingerprint density at radius 1 is 1.30 bits per heavy atom. The largest absolute Gasteiger partial charge is 0.493 e. The normalized spacial score (nSPS) is 18.0. The Morgan fingerprint density at radius 2 is 2.07 bits per heavy atom. The maximum absolute atomic E-state index is 6.19. The van der Waals surface area contributed by atoms with Crippen LogP contribution in [0.5, 0.6) is 11.5 Å². The molecule has 2 N–H and O–H groups in total. The van der Waals surface area contributed by atoms with Crippen molar-refractivity contribution in [3.8, 4) is 11.5 Å². The van der Waals surface area contributed by atoms with Gasteiger partial charge in [-0.05, 0) is 49.5 Å². The summed E-state index contributed by atoms with van der Waals surface area (Å²) in [5.74, 6) is 2.84. The zero-order valence-electron chi connectivity index (χ0n) is 17.4. The van der Waals surface area contributed by atoms with Gasteiger partial charge in [-0.3, -0.25) is 0 Å². The molecule has 1 aromatic carbocycles. The summed E-state index contributed by atoms with van der Waals surface area (Å²) >= 11 is 0. The first-order valence-electron chi connectivity index (χ1n) is 10.1. The molecule has 1 aromatic rings. The van der Waals surface area contributed by atoms with Crippen LogP contribution in [0, 0.1) is 5.92 Å². The molecule has 1 heterocycles. The maximum Gasteiger partial charge on any atom is 0.191 e. The number of guanidine groups is 1. The van der Waals surface area contributed by atoms with E-state index in [1.54, 1.807) is 7.11 Å². The summed E-state index contributed by atoms with van der Waals surface area (Å²) in [5.41, 5.74) is 7.26. The van der Waals surface area contributed by atoms with Gasteiger partial charge in [-0.25, -0.2) is 4.99 Å². The molecule has 0 bridgehead atoms. The monoisotopic (exact) mass is 376 g/mol. The SMILES string of the molecule is CCN(CC)CCOc1ccc(CN=C(N)N2CCCC(C)C2)cc1OC. The number of hydrogen-bond donors (Lipinski definition) is 1. The molecular weight excluding hydrogens is 340 g/mol. The summed E-state index contributed by atoms with van der Waals surface area (Å²) in [6.07, 6.45) is 2.46. The molecule has 6 nitrogen and oxygen atoms in total. The van der Waals surface area contributed by atoms with Gasteiger partial charge < -0.3 is 25.0 Å². The quantitative estimate of drug-likeness (QED) is 0.530. The highest BCUT2D eigenvalue weighted by atomic mass is 16.5. The predicted octanol–water partition coefficient (Wildman–Crippen LogP) is 2.96. The van der Waals surface area contributed by atoms with Crippen molar-refractivity contribution >= 4 is 5.96 Å². The Hall–Kier alpha value is -1.95. The molecule has 1 aliphatic rings. The molecule has 1 fully saturated rings. The van der Waals surface area contributed by atoms with Crippen molar-refractivity contribution in [1.29, 1.82) is 0 Å². The highest BCUT2D eigenvalue weighted by Crippen LogP contribution is 2.28. The van der Waals surface area contributed by atoms with Crippen LogP contribution in [0.1, 0.15) is 39.2 Å². The van der Waals surface area contributed by atoms with E-state index in [1.165, 1.54) is 12.8 Å². The molecule has 0 spiro atoms.